The molecule has 0 amide bonds. The number of hydrogen-bond donors (Lipinski definition) is 1. The average Bonchev–Trinajstić information content (AvgIpc) is 3.03. The Kier molecular flexibility index (Phi) is 9.91. The number of hydrogen-bond acceptors (Lipinski definition) is 11. The molecule has 44 heavy (non-hydrogen) atoms. The number of methoxy groups -OCH3 is 4. The highest BCUT2D eigenvalue weighted by Gasteiger charge is 2.71. The minimum atomic E-state index is -2.65. The molecule has 0 aliphatic heterocycles. The Bertz CT molecular complexity index is 1500. The van der Waals surface area contributed by atoms with E-state index in [1.807, 2.05) is 0 Å². The van der Waals surface area contributed by atoms with Gasteiger partial charge in [0.2, 0.25) is 0 Å². The summed E-state index contributed by atoms with van der Waals surface area (Å²) < 4.78 is 25.8. The van der Waals surface area contributed by atoms with Crippen molar-refractivity contribution in [3.8, 4) is 0 Å². The van der Waals surface area contributed by atoms with E-state index in [-0.39, 0.29) is 12.0 Å². The molecule has 1 N–H and O–H groups in total. The zero-order valence-corrected chi connectivity index (χ0v) is 25.1. The van der Waals surface area contributed by atoms with Crippen LogP contribution in [0.25, 0.3) is 6.08 Å². The van der Waals surface area contributed by atoms with Gasteiger partial charge in [-0.05, 0) is 35.8 Å². The highest BCUT2D eigenvalue weighted by Crippen LogP contribution is 2.60. The van der Waals surface area contributed by atoms with Gasteiger partial charge in [0.25, 0.3) is 0 Å². The van der Waals surface area contributed by atoms with E-state index in [0.29, 0.717) is 16.1 Å². The van der Waals surface area contributed by atoms with E-state index < -0.39 is 70.8 Å². The molecule has 1 saturated carbocycles. The van der Waals surface area contributed by atoms with Crippen molar-refractivity contribution in [3.05, 3.63) is 88.2 Å². The fraction of sp³-hybridized carbons (Fsp3) is 0.344. The van der Waals surface area contributed by atoms with Gasteiger partial charge >= 0.3 is 29.8 Å². The van der Waals surface area contributed by atoms with Gasteiger partial charge in [-0.3, -0.25) is 14.4 Å². The van der Waals surface area contributed by atoms with E-state index in [2.05, 4.69) is 0 Å². The fourth-order valence-electron chi connectivity index (χ4n) is 6.33. The second-order valence-electron chi connectivity index (χ2n) is 10.3. The lowest BCUT2D eigenvalue weighted by Gasteiger charge is -2.55. The lowest BCUT2D eigenvalue weighted by atomic mass is 9.49. The third-order valence-corrected chi connectivity index (χ3v) is 8.39. The van der Waals surface area contributed by atoms with Crippen molar-refractivity contribution in [3.63, 3.8) is 0 Å². The Morgan fingerprint density at radius 2 is 1.36 bits per heavy atom. The van der Waals surface area contributed by atoms with Gasteiger partial charge in [-0.1, -0.05) is 54.1 Å². The number of esters is 5. The first-order valence-electron chi connectivity index (χ1n) is 13.5. The van der Waals surface area contributed by atoms with Gasteiger partial charge in [0.1, 0.15) is 17.3 Å². The van der Waals surface area contributed by atoms with Crippen molar-refractivity contribution in [2.75, 3.05) is 28.4 Å². The SMILES string of the molecule is COC(=O)C1=C(OC(=O)C=Cc2ccc(Cl)cc2)C(C(=O)OC)[C@]2(O)[C@H](C(=O)OC)[C@@H]1C[C@H](c1ccccc1)[C@H]2C(=O)OC. The van der Waals surface area contributed by atoms with E-state index in [0.717, 1.165) is 34.5 Å². The molecule has 2 bridgehead atoms. The standard InChI is InChI=1S/C32H31ClO11/c1-40-28(35)23-21-16-20(18-8-6-5-7-9-18)24(29(36)41-2)32(39,25(21)30(37)42-3)26(31(38)43-4)27(23)44-22(34)15-12-17-10-13-19(33)14-11-17/h5-15,20-21,24-26,39H,16H2,1-4H3/t20-,21-,24+,25+,26?,32-/m1/s1. The number of aliphatic hydroxyl groups is 1. The maximum atomic E-state index is 13.6. The van der Waals surface area contributed by atoms with Crippen LogP contribution in [-0.4, -0.2) is 69.0 Å². The summed E-state index contributed by atoms with van der Waals surface area (Å²) >= 11 is 5.92. The molecule has 11 nitrogen and oxygen atoms in total. The summed E-state index contributed by atoms with van der Waals surface area (Å²) in [7, 11) is 4.24. The van der Waals surface area contributed by atoms with Crippen molar-refractivity contribution >= 4 is 47.5 Å². The first kappa shape index (κ1) is 32.4. The second kappa shape index (κ2) is 13.4. The summed E-state index contributed by atoms with van der Waals surface area (Å²) in [4.78, 5) is 67.1. The normalized spacial score (nSPS) is 26.0. The summed E-state index contributed by atoms with van der Waals surface area (Å²) in [6.45, 7) is 0. The molecule has 4 rings (SSSR count). The van der Waals surface area contributed by atoms with E-state index in [4.69, 9.17) is 35.3 Å². The number of carbonyl (C=O) groups is 5. The van der Waals surface area contributed by atoms with Crippen LogP contribution < -0.4 is 0 Å². The predicted molar refractivity (Wildman–Crippen MR) is 154 cm³/mol. The molecule has 1 unspecified atom stereocenters. The van der Waals surface area contributed by atoms with Crippen molar-refractivity contribution in [1.29, 1.82) is 0 Å². The largest absolute Gasteiger partial charge is 0.469 e. The Labute approximate surface area is 258 Å². The average molecular weight is 627 g/mol. The van der Waals surface area contributed by atoms with Gasteiger partial charge in [-0.25, -0.2) is 9.59 Å². The molecule has 1 fully saturated rings. The first-order valence-corrected chi connectivity index (χ1v) is 13.9. The highest BCUT2D eigenvalue weighted by atomic mass is 35.5. The summed E-state index contributed by atoms with van der Waals surface area (Å²) in [5.41, 5.74) is -1.85. The van der Waals surface area contributed by atoms with E-state index >= 15 is 0 Å². The molecule has 12 heteroatoms. The second-order valence-corrected chi connectivity index (χ2v) is 10.7. The monoisotopic (exact) mass is 626 g/mol. The van der Waals surface area contributed by atoms with E-state index in [1.165, 1.54) is 6.08 Å². The van der Waals surface area contributed by atoms with Gasteiger partial charge in [-0.15, -0.1) is 0 Å². The highest BCUT2D eigenvalue weighted by molar-refractivity contribution is 6.30. The number of halogens is 1. The third-order valence-electron chi connectivity index (χ3n) is 8.14. The predicted octanol–water partition coefficient (Wildman–Crippen LogP) is 3.24. The molecular formula is C32H31ClO11. The molecule has 6 atom stereocenters. The van der Waals surface area contributed by atoms with Crippen molar-refractivity contribution in [2.45, 2.75) is 17.9 Å². The minimum absolute atomic E-state index is 0.0914. The number of ether oxygens (including phenoxy) is 5. The molecule has 0 radical (unpaired) electrons. The zero-order valence-electron chi connectivity index (χ0n) is 24.4. The Balaban J connectivity index is 1.98. The van der Waals surface area contributed by atoms with Crippen LogP contribution in [0.4, 0.5) is 0 Å². The molecule has 0 aromatic heterocycles. The zero-order chi connectivity index (χ0) is 32.2. The summed E-state index contributed by atoms with van der Waals surface area (Å²) in [6.07, 6.45) is 2.35. The van der Waals surface area contributed by atoms with Crippen LogP contribution in [0.3, 0.4) is 0 Å². The number of benzene rings is 2. The van der Waals surface area contributed by atoms with Gasteiger partial charge in [0, 0.05) is 22.9 Å². The van der Waals surface area contributed by atoms with Crippen molar-refractivity contribution in [1.82, 2.24) is 0 Å². The summed E-state index contributed by atoms with van der Waals surface area (Å²) in [5, 5.41) is 13.2. The van der Waals surface area contributed by atoms with Crippen LogP contribution in [0.5, 0.6) is 0 Å². The molecule has 0 saturated heterocycles. The summed E-state index contributed by atoms with van der Waals surface area (Å²) in [5.74, 6) is -13.2. The van der Waals surface area contributed by atoms with Crippen LogP contribution in [0.15, 0.2) is 72.0 Å². The van der Waals surface area contributed by atoms with Gasteiger partial charge in [-0.2, -0.15) is 0 Å². The van der Waals surface area contributed by atoms with E-state index in [9.17, 15) is 29.1 Å². The number of rotatable bonds is 8. The van der Waals surface area contributed by atoms with Gasteiger partial charge < -0.3 is 28.8 Å². The van der Waals surface area contributed by atoms with Gasteiger partial charge in [0.05, 0.1) is 45.8 Å². The lowest BCUT2D eigenvalue weighted by Crippen LogP contribution is -2.68. The molecule has 0 heterocycles. The molecule has 2 aromatic carbocycles. The molecule has 2 aromatic rings. The minimum Gasteiger partial charge on any atom is -0.469 e. The maximum absolute atomic E-state index is 13.6. The van der Waals surface area contributed by atoms with Crippen LogP contribution in [0, 0.1) is 23.7 Å². The molecule has 232 valence electrons. The van der Waals surface area contributed by atoms with Crippen molar-refractivity contribution < 1.29 is 52.8 Å². The number of fused-ring (bicyclic) bond motifs is 2. The lowest BCUT2D eigenvalue weighted by molar-refractivity contribution is -0.208. The Morgan fingerprint density at radius 1 is 0.795 bits per heavy atom. The topological polar surface area (TPSA) is 152 Å². The quantitative estimate of drug-likeness (QED) is 0.261. The van der Waals surface area contributed by atoms with E-state index in [1.54, 1.807) is 54.6 Å². The molecule has 2 aliphatic rings. The Hall–Kier alpha value is -4.48. The fourth-order valence-corrected chi connectivity index (χ4v) is 6.46. The molecular weight excluding hydrogens is 596 g/mol. The maximum Gasteiger partial charge on any atom is 0.337 e. The smallest absolute Gasteiger partial charge is 0.337 e. The first-order chi connectivity index (χ1) is 21.0. The third kappa shape index (κ3) is 5.85. The Morgan fingerprint density at radius 3 is 1.91 bits per heavy atom. The summed E-state index contributed by atoms with van der Waals surface area (Å²) in [6, 6.07) is 15.1. The van der Waals surface area contributed by atoms with Crippen LogP contribution >= 0.6 is 11.6 Å². The van der Waals surface area contributed by atoms with Crippen LogP contribution in [0.2, 0.25) is 5.02 Å². The molecule has 0 spiro atoms. The molecule has 2 aliphatic carbocycles. The van der Waals surface area contributed by atoms with Crippen molar-refractivity contribution in [2.24, 2.45) is 23.7 Å². The van der Waals surface area contributed by atoms with Crippen LogP contribution in [-0.2, 0) is 47.7 Å². The van der Waals surface area contributed by atoms with Crippen LogP contribution in [0.1, 0.15) is 23.5 Å². The number of carbonyl (C=O) groups excluding carboxylic acids is 5. The van der Waals surface area contributed by atoms with Gasteiger partial charge in [0.15, 0.2) is 0 Å².